The van der Waals surface area contributed by atoms with Gasteiger partial charge in [0.25, 0.3) is 0 Å². The molecule has 0 radical (unpaired) electrons. The third-order valence-electron chi connectivity index (χ3n) is 4.63. The Labute approximate surface area is 126 Å². The summed E-state index contributed by atoms with van der Waals surface area (Å²) in [6.07, 6.45) is 5.58. The van der Waals surface area contributed by atoms with E-state index in [4.69, 9.17) is 4.42 Å². The summed E-state index contributed by atoms with van der Waals surface area (Å²) < 4.78 is 5.54. The van der Waals surface area contributed by atoms with Crippen LogP contribution in [0.4, 0.5) is 0 Å². The first-order valence-corrected chi connectivity index (χ1v) is 7.98. The van der Waals surface area contributed by atoms with Crippen LogP contribution in [0.15, 0.2) is 47.1 Å². The summed E-state index contributed by atoms with van der Waals surface area (Å²) in [6.45, 7) is 3.08. The van der Waals surface area contributed by atoms with Crippen molar-refractivity contribution in [2.45, 2.75) is 37.9 Å². The van der Waals surface area contributed by atoms with Gasteiger partial charge in [-0.25, -0.2) is 0 Å². The second-order valence-corrected chi connectivity index (χ2v) is 6.20. The molecule has 110 valence electrons. The van der Waals surface area contributed by atoms with Crippen LogP contribution in [-0.4, -0.2) is 24.0 Å². The van der Waals surface area contributed by atoms with Gasteiger partial charge >= 0.3 is 0 Å². The molecule has 0 amide bonds. The van der Waals surface area contributed by atoms with Crippen LogP contribution in [0, 0.1) is 0 Å². The van der Waals surface area contributed by atoms with E-state index in [0.717, 1.165) is 37.9 Å². The van der Waals surface area contributed by atoms with Crippen molar-refractivity contribution in [2.75, 3.05) is 13.1 Å². The minimum atomic E-state index is 0.450. The summed E-state index contributed by atoms with van der Waals surface area (Å²) in [7, 11) is 0. The van der Waals surface area contributed by atoms with Gasteiger partial charge in [0, 0.05) is 18.6 Å². The van der Waals surface area contributed by atoms with Crippen LogP contribution in [-0.2, 0) is 13.0 Å². The smallest absolute Gasteiger partial charge is 0.117 e. The largest absolute Gasteiger partial charge is 0.468 e. The van der Waals surface area contributed by atoms with Crippen LogP contribution in [0.1, 0.15) is 35.8 Å². The standard InChI is InChI=1S/C18H22N2O/c1-2-6-17-14(4-1)9-10-19-18(17)13-20(15-7-8-15)12-16-5-3-11-21-16/h1-6,11,15,18-19H,7-10,12-13H2. The van der Waals surface area contributed by atoms with Crippen molar-refractivity contribution < 1.29 is 4.42 Å². The fourth-order valence-corrected chi connectivity index (χ4v) is 3.38. The molecule has 2 heterocycles. The van der Waals surface area contributed by atoms with Crippen molar-refractivity contribution in [1.29, 1.82) is 0 Å². The topological polar surface area (TPSA) is 28.4 Å². The lowest BCUT2D eigenvalue weighted by Crippen LogP contribution is -2.39. The van der Waals surface area contributed by atoms with Crippen LogP contribution < -0.4 is 5.32 Å². The third-order valence-corrected chi connectivity index (χ3v) is 4.63. The van der Waals surface area contributed by atoms with Crippen molar-refractivity contribution in [2.24, 2.45) is 0 Å². The first-order chi connectivity index (χ1) is 10.4. The van der Waals surface area contributed by atoms with E-state index in [1.165, 1.54) is 24.0 Å². The summed E-state index contributed by atoms with van der Waals surface area (Å²) >= 11 is 0. The Kier molecular flexibility index (Phi) is 3.53. The van der Waals surface area contributed by atoms with Crippen molar-refractivity contribution in [3.8, 4) is 0 Å². The number of hydrogen-bond acceptors (Lipinski definition) is 3. The number of rotatable bonds is 5. The second kappa shape index (κ2) is 5.66. The van der Waals surface area contributed by atoms with Gasteiger partial charge in [-0.05, 0) is 49.1 Å². The molecule has 4 rings (SSSR count). The third kappa shape index (κ3) is 2.89. The number of nitrogens with one attached hydrogen (secondary N) is 1. The molecule has 3 nitrogen and oxygen atoms in total. The summed E-state index contributed by atoms with van der Waals surface area (Å²) in [6, 6.07) is 14.1. The monoisotopic (exact) mass is 282 g/mol. The molecule has 1 fully saturated rings. The van der Waals surface area contributed by atoms with Gasteiger partial charge in [0.05, 0.1) is 12.8 Å². The quantitative estimate of drug-likeness (QED) is 0.913. The Morgan fingerprint density at radius 2 is 2.05 bits per heavy atom. The number of furan rings is 1. The summed E-state index contributed by atoms with van der Waals surface area (Å²) in [5, 5.41) is 3.70. The minimum Gasteiger partial charge on any atom is -0.468 e. The SMILES string of the molecule is c1coc(CN(CC2NCCc3ccccc32)C2CC2)c1. The number of nitrogens with zero attached hydrogens (tertiary/aromatic N) is 1. The molecule has 1 N–H and O–H groups in total. The number of fused-ring (bicyclic) bond motifs is 1. The molecule has 1 aromatic carbocycles. The molecule has 21 heavy (non-hydrogen) atoms. The van der Waals surface area contributed by atoms with E-state index in [9.17, 15) is 0 Å². The Morgan fingerprint density at radius 3 is 2.86 bits per heavy atom. The van der Waals surface area contributed by atoms with Gasteiger partial charge in [0.15, 0.2) is 0 Å². The molecule has 0 bridgehead atoms. The van der Waals surface area contributed by atoms with E-state index in [0.29, 0.717) is 6.04 Å². The highest BCUT2D eigenvalue weighted by molar-refractivity contribution is 5.32. The molecule has 0 spiro atoms. The van der Waals surface area contributed by atoms with E-state index in [2.05, 4.69) is 40.5 Å². The average molecular weight is 282 g/mol. The van der Waals surface area contributed by atoms with E-state index in [1.807, 2.05) is 6.07 Å². The maximum Gasteiger partial charge on any atom is 0.117 e. The summed E-state index contributed by atoms with van der Waals surface area (Å²) in [4.78, 5) is 2.58. The fraction of sp³-hybridized carbons (Fsp3) is 0.444. The number of benzene rings is 1. The molecule has 0 saturated heterocycles. The van der Waals surface area contributed by atoms with Gasteiger partial charge in [0.1, 0.15) is 5.76 Å². The molecule has 2 aliphatic rings. The predicted molar refractivity (Wildman–Crippen MR) is 83.0 cm³/mol. The second-order valence-electron chi connectivity index (χ2n) is 6.20. The van der Waals surface area contributed by atoms with Crippen molar-refractivity contribution in [1.82, 2.24) is 10.2 Å². The zero-order valence-electron chi connectivity index (χ0n) is 12.3. The summed E-state index contributed by atoms with van der Waals surface area (Å²) in [5.74, 6) is 1.07. The van der Waals surface area contributed by atoms with E-state index < -0.39 is 0 Å². The molecular weight excluding hydrogens is 260 g/mol. The molecule has 1 aromatic heterocycles. The van der Waals surface area contributed by atoms with Crippen LogP contribution in [0.3, 0.4) is 0 Å². The van der Waals surface area contributed by atoms with Gasteiger partial charge in [-0.1, -0.05) is 24.3 Å². The molecule has 1 aliphatic heterocycles. The molecule has 1 unspecified atom stereocenters. The zero-order chi connectivity index (χ0) is 14.1. The van der Waals surface area contributed by atoms with Crippen LogP contribution in [0.5, 0.6) is 0 Å². The van der Waals surface area contributed by atoms with Crippen molar-refractivity contribution >= 4 is 0 Å². The van der Waals surface area contributed by atoms with Gasteiger partial charge in [-0.2, -0.15) is 0 Å². The normalized spacial score (nSPS) is 21.5. The molecule has 3 heteroatoms. The van der Waals surface area contributed by atoms with Crippen molar-refractivity contribution in [3.05, 3.63) is 59.5 Å². The lowest BCUT2D eigenvalue weighted by Gasteiger charge is -2.32. The van der Waals surface area contributed by atoms with Crippen molar-refractivity contribution in [3.63, 3.8) is 0 Å². The molecule has 2 aromatic rings. The van der Waals surface area contributed by atoms with Crippen LogP contribution in [0.2, 0.25) is 0 Å². The number of hydrogen-bond donors (Lipinski definition) is 1. The van der Waals surface area contributed by atoms with Gasteiger partial charge < -0.3 is 9.73 Å². The highest BCUT2D eigenvalue weighted by atomic mass is 16.3. The van der Waals surface area contributed by atoms with Gasteiger partial charge in [-0.15, -0.1) is 0 Å². The lowest BCUT2D eigenvalue weighted by atomic mass is 9.94. The molecule has 1 saturated carbocycles. The average Bonchev–Trinajstić information content (AvgIpc) is 3.25. The van der Waals surface area contributed by atoms with E-state index in [1.54, 1.807) is 6.26 Å². The Morgan fingerprint density at radius 1 is 1.14 bits per heavy atom. The highest BCUT2D eigenvalue weighted by Gasteiger charge is 2.32. The fourth-order valence-electron chi connectivity index (χ4n) is 3.38. The Hall–Kier alpha value is -1.58. The van der Waals surface area contributed by atoms with Crippen LogP contribution in [0.25, 0.3) is 0 Å². The Balaban J connectivity index is 1.51. The maximum atomic E-state index is 5.54. The van der Waals surface area contributed by atoms with E-state index >= 15 is 0 Å². The van der Waals surface area contributed by atoms with Gasteiger partial charge in [-0.3, -0.25) is 4.90 Å². The predicted octanol–water partition coefficient (Wildman–Crippen LogP) is 3.13. The van der Waals surface area contributed by atoms with Gasteiger partial charge in [0.2, 0.25) is 0 Å². The molecule has 1 aliphatic carbocycles. The first kappa shape index (κ1) is 13.1. The summed E-state index contributed by atoms with van der Waals surface area (Å²) in [5.41, 5.74) is 2.99. The Bertz CT molecular complexity index is 589. The molecule has 1 atom stereocenters. The zero-order valence-corrected chi connectivity index (χ0v) is 12.3. The lowest BCUT2D eigenvalue weighted by molar-refractivity contribution is 0.205. The maximum absolute atomic E-state index is 5.54. The minimum absolute atomic E-state index is 0.450. The highest BCUT2D eigenvalue weighted by Crippen LogP contribution is 2.32. The van der Waals surface area contributed by atoms with E-state index in [-0.39, 0.29) is 0 Å². The first-order valence-electron chi connectivity index (χ1n) is 7.98. The molecular formula is C18H22N2O. The van der Waals surface area contributed by atoms with Crippen LogP contribution >= 0.6 is 0 Å².